The highest BCUT2D eigenvalue weighted by molar-refractivity contribution is 7.16. The zero-order valence-electron chi connectivity index (χ0n) is 16.5. The molecule has 0 unspecified atom stereocenters. The number of carbonyl (C=O) groups is 2. The van der Waals surface area contributed by atoms with Crippen molar-refractivity contribution >= 4 is 34.3 Å². The second-order valence-corrected chi connectivity index (χ2v) is 7.58. The van der Waals surface area contributed by atoms with Gasteiger partial charge in [-0.1, -0.05) is 35.5 Å². The lowest BCUT2D eigenvalue weighted by atomic mass is 10.1. The van der Waals surface area contributed by atoms with E-state index in [0.717, 1.165) is 16.0 Å². The van der Waals surface area contributed by atoms with Gasteiger partial charge < -0.3 is 10.1 Å². The average Bonchev–Trinajstić information content (AvgIpc) is 3.25. The van der Waals surface area contributed by atoms with Gasteiger partial charge in [-0.25, -0.2) is 9.48 Å². The van der Waals surface area contributed by atoms with Crippen molar-refractivity contribution < 1.29 is 14.3 Å². The summed E-state index contributed by atoms with van der Waals surface area (Å²) in [5.74, 6) is -0.785. The van der Waals surface area contributed by atoms with Crippen LogP contribution in [0.4, 0.5) is 5.00 Å². The Balaban J connectivity index is 1.66. The van der Waals surface area contributed by atoms with Gasteiger partial charge >= 0.3 is 5.97 Å². The van der Waals surface area contributed by atoms with Crippen LogP contribution < -0.4 is 5.32 Å². The van der Waals surface area contributed by atoms with E-state index in [4.69, 9.17) is 4.74 Å². The van der Waals surface area contributed by atoms with Crippen molar-refractivity contribution in [2.45, 2.75) is 27.3 Å². The fourth-order valence-corrected chi connectivity index (χ4v) is 3.77. The van der Waals surface area contributed by atoms with Crippen molar-refractivity contribution in [2.24, 2.45) is 0 Å². The predicted octanol–water partition coefficient (Wildman–Crippen LogP) is 3.83. The Bertz CT molecular complexity index is 1040. The van der Waals surface area contributed by atoms with Crippen LogP contribution in [0.5, 0.6) is 0 Å². The molecule has 3 aromatic rings. The highest BCUT2D eigenvalue weighted by Crippen LogP contribution is 2.33. The van der Waals surface area contributed by atoms with Crippen LogP contribution in [-0.4, -0.2) is 33.5 Å². The molecule has 0 aliphatic rings. The van der Waals surface area contributed by atoms with Crippen molar-refractivity contribution in [3.8, 4) is 0 Å². The molecule has 0 bridgehead atoms. The number of hydrogen-bond donors (Lipinski definition) is 1. The van der Waals surface area contributed by atoms with Crippen LogP contribution >= 0.6 is 11.3 Å². The van der Waals surface area contributed by atoms with Gasteiger partial charge in [-0.05, 0) is 38.0 Å². The minimum absolute atomic E-state index is 0.277. The first-order chi connectivity index (χ1) is 14.0. The number of esters is 1. The van der Waals surface area contributed by atoms with Gasteiger partial charge in [0.1, 0.15) is 10.7 Å². The zero-order valence-corrected chi connectivity index (χ0v) is 17.3. The molecule has 0 spiro atoms. The summed E-state index contributed by atoms with van der Waals surface area (Å²) < 4.78 is 6.81. The quantitative estimate of drug-likeness (QED) is 0.472. The number of aryl methyl sites for hydroxylation is 1. The van der Waals surface area contributed by atoms with E-state index in [1.807, 2.05) is 44.2 Å². The molecule has 29 heavy (non-hydrogen) atoms. The Morgan fingerprint density at radius 2 is 2.00 bits per heavy atom. The predicted molar refractivity (Wildman–Crippen MR) is 113 cm³/mol. The highest BCUT2D eigenvalue weighted by Gasteiger charge is 2.21. The monoisotopic (exact) mass is 410 g/mol. The van der Waals surface area contributed by atoms with Gasteiger partial charge in [0, 0.05) is 11.0 Å². The molecule has 0 fully saturated rings. The number of amides is 1. The summed E-state index contributed by atoms with van der Waals surface area (Å²) >= 11 is 1.35. The lowest BCUT2D eigenvalue weighted by Crippen LogP contribution is -2.12. The molecule has 0 radical (unpaired) electrons. The molecule has 1 amide bonds. The molecule has 2 heterocycles. The van der Waals surface area contributed by atoms with E-state index >= 15 is 0 Å². The van der Waals surface area contributed by atoms with E-state index in [-0.39, 0.29) is 12.5 Å². The van der Waals surface area contributed by atoms with Crippen molar-refractivity contribution in [3.63, 3.8) is 0 Å². The lowest BCUT2D eigenvalue weighted by molar-refractivity contribution is -0.111. The Morgan fingerprint density at radius 3 is 2.72 bits per heavy atom. The number of benzene rings is 1. The molecule has 3 rings (SSSR count). The smallest absolute Gasteiger partial charge is 0.341 e. The number of hydrogen-bond acceptors (Lipinski definition) is 6. The molecule has 150 valence electrons. The summed E-state index contributed by atoms with van der Waals surface area (Å²) in [6, 6.07) is 9.92. The van der Waals surface area contributed by atoms with Crippen LogP contribution in [-0.2, 0) is 16.1 Å². The molecule has 2 aromatic heterocycles. The fraction of sp³-hybridized carbons (Fsp3) is 0.238. The number of aromatic nitrogens is 3. The number of carbonyl (C=O) groups excluding carboxylic acids is 2. The molecule has 0 aliphatic carbocycles. The van der Waals surface area contributed by atoms with E-state index in [0.29, 0.717) is 22.8 Å². The van der Waals surface area contributed by atoms with E-state index < -0.39 is 5.97 Å². The molecular formula is C21H22N4O3S. The topological polar surface area (TPSA) is 86.1 Å². The minimum Gasteiger partial charge on any atom is -0.462 e. The van der Waals surface area contributed by atoms with Gasteiger partial charge in [0.25, 0.3) is 0 Å². The van der Waals surface area contributed by atoms with Crippen LogP contribution in [0, 0.1) is 13.8 Å². The molecule has 0 saturated heterocycles. The van der Waals surface area contributed by atoms with Crippen LogP contribution in [0.2, 0.25) is 0 Å². The molecule has 0 aliphatic heterocycles. The van der Waals surface area contributed by atoms with E-state index in [2.05, 4.69) is 15.6 Å². The first-order valence-corrected chi connectivity index (χ1v) is 9.99. The Labute approximate surface area is 173 Å². The summed E-state index contributed by atoms with van der Waals surface area (Å²) in [5, 5.41) is 11.4. The number of anilines is 1. The second-order valence-electron chi connectivity index (χ2n) is 6.36. The van der Waals surface area contributed by atoms with Gasteiger partial charge in [-0.3, -0.25) is 4.79 Å². The van der Waals surface area contributed by atoms with E-state index in [1.54, 1.807) is 23.9 Å². The minimum atomic E-state index is -0.433. The molecule has 7 nitrogen and oxygen atoms in total. The molecular weight excluding hydrogens is 388 g/mol. The normalized spacial score (nSPS) is 11.0. The van der Waals surface area contributed by atoms with Gasteiger partial charge in [-0.2, -0.15) is 0 Å². The largest absolute Gasteiger partial charge is 0.462 e. The third-order valence-corrected chi connectivity index (χ3v) is 5.37. The molecule has 1 aromatic carbocycles. The van der Waals surface area contributed by atoms with Crippen LogP contribution in [0.3, 0.4) is 0 Å². The van der Waals surface area contributed by atoms with Crippen molar-refractivity contribution in [1.29, 1.82) is 0 Å². The number of thiophene rings is 1. The van der Waals surface area contributed by atoms with Gasteiger partial charge in [0.05, 0.1) is 24.9 Å². The SMILES string of the molecule is CCOC(=O)c1c(NC(=O)C=Cc2cn(Cc3ccccc3)nn2)sc(C)c1C. The third kappa shape index (κ3) is 5.17. The van der Waals surface area contributed by atoms with Gasteiger partial charge in [-0.15, -0.1) is 16.4 Å². The molecule has 0 atom stereocenters. The van der Waals surface area contributed by atoms with Crippen molar-refractivity contribution in [1.82, 2.24) is 15.0 Å². The summed E-state index contributed by atoms with van der Waals surface area (Å²) in [5.41, 5.74) is 2.90. The summed E-state index contributed by atoms with van der Waals surface area (Å²) in [6.07, 6.45) is 4.72. The van der Waals surface area contributed by atoms with Gasteiger partial charge in [0.15, 0.2) is 0 Å². The highest BCUT2D eigenvalue weighted by atomic mass is 32.1. The van der Waals surface area contributed by atoms with E-state index in [1.165, 1.54) is 17.4 Å². The maximum atomic E-state index is 12.3. The van der Waals surface area contributed by atoms with Crippen LogP contribution in [0.15, 0.2) is 42.6 Å². The Kier molecular flexibility index (Phi) is 6.56. The first-order valence-electron chi connectivity index (χ1n) is 9.18. The molecule has 8 heteroatoms. The third-order valence-electron chi connectivity index (χ3n) is 4.25. The Morgan fingerprint density at radius 1 is 1.24 bits per heavy atom. The molecule has 1 N–H and O–H groups in total. The second kappa shape index (κ2) is 9.29. The maximum absolute atomic E-state index is 12.3. The number of ether oxygens (including phenoxy) is 1. The first kappa shape index (κ1) is 20.5. The Hall–Kier alpha value is -3.26. The van der Waals surface area contributed by atoms with Crippen molar-refractivity contribution in [3.05, 3.63) is 69.9 Å². The maximum Gasteiger partial charge on any atom is 0.341 e. The number of nitrogens with one attached hydrogen (secondary N) is 1. The van der Waals surface area contributed by atoms with Crippen molar-refractivity contribution in [2.75, 3.05) is 11.9 Å². The zero-order chi connectivity index (χ0) is 20.8. The van der Waals surface area contributed by atoms with Crippen LogP contribution in [0.25, 0.3) is 6.08 Å². The number of rotatable bonds is 7. The number of nitrogens with zero attached hydrogens (tertiary/aromatic N) is 3. The summed E-state index contributed by atoms with van der Waals surface area (Å²) in [6.45, 7) is 6.37. The summed E-state index contributed by atoms with van der Waals surface area (Å²) in [7, 11) is 0. The molecule has 0 saturated carbocycles. The standard InChI is InChI=1S/C21H22N4O3S/c1-4-28-21(27)19-14(2)15(3)29-20(19)22-18(26)11-10-17-13-25(24-23-17)12-16-8-6-5-7-9-16/h5-11,13H,4,12H2,1-3H3,(H,22,26). The lowest BCUT2D eigenvalue weighted by Gasteiger charge is -2.05. The van der Waals surface area contributed by atoms with Crippen LogP contribution in [0.1, 0.15) is 39.0 Å². The fourth-order valence-electron chi connectivity index (χ4n) is 2.72. The summed E-state index contributed by atoms with van der Waals surface area (Å²) in [4.78, 5) is 25.5. The van der Waals surface area contributed by atoms with Gasteiger partial charge in [0.2, 0.25) is 5.91 Å². The van der Waals surface area contributed by atoms with E-state index in [9.17, 15) is 9.59 Å². The average molecular weight is 410 g/mol.